The number of rotatable bonds is 10. The Hall–Kier alpha value is -3.78. The van der Waals surface area contributed by atoms with Gasteiger partial charge in [0.05, 0.1) is 23.9 Å². The number of hydrogen-bond acceptors (Lipinski definition) is 6. The molecular formula is C27H32F8N6O. The molecule has 1 unspecified atom stereocenters. The third-order valence-corrected chi connectivity index (χ3v) is 6.30. The Morgan fingerprint density at radius 1 is 1.24 bits per heavy atom. The van der Waals surface area contributed by atoms with Crippen molar-refractivity contribution in [1.82, 2.24) is 20.5 Å². The van der Waals surface area contributed by atoms with E-state index in [4.69, 9.17) is 5.41 Å². The Morgan fingerprint density at radius 2 is 1.90 bits per heavy atom. The number of amides is 1. The van der Waals surface area contributed by atoms with Crippen LogP contribution in [0.4, 0.5) is 35.1 Å². The molecule has 0 radical (unpaired) electrons. The minimum Gasteiger partial charge on any atom is -0.393 e. The molecule has 0 bridgehead atoms. The van der Waals surface area contributed by atoms with E-state index in [0.29, 0.717) is 18.7 Å². The number of carbonyl (C=O) groups is 1. The summed E-state index contributed by atoms with van der Waals surface area (Å²) in [6.45, 7) is 3.07. The zero-order valence-corrected chi connectivity index (χ0v) is 23.3. The smallest absolute Gasteiger partial charge is 0.393 e. The molecule has 0 aliphatic carbocycles. The summed E-state index contributed by atoms with van der Waals surface area (Å²) in [6.07, 6.45) is -5.71. The fourth-order valence-corrected chi connectivity index (χ4v) is 4.32. The highest BCUT2D eigenvalue weighted by atomic mass is 19.4. The van der Waals surface area contributed by atoms with Gasteiger partial charge in [-0.25, -0.2) is 18.8 Å². The fourth-order valence-electron chi connectivity index (χ4n) is 4.32. The van der Waals surface area contributed by atoms with Gasteiger partial charge in [-0.3, -0.25) is 10.2 Å². The predicted octanol–water partition coefficient (Wildman–Crippen LogP) is 5.97. The SMILES string of the molecule is C\C=C(/C=N\C(=C\CC)NCC1[C@H](C)CC(F)(F)CN1C(=O)C(=N)/C(=C\NC)c1cccc(C(F)(F)F)n1)C(F)(F)F. The lowest BCUT2D eigenvalue weighted by atomic mass is 9.87. The van der Waals surface area contributed by atoms with Crippen molar-refractivity contribution in [3.05, 3.63) is 59.3 Å². The van der Waals surface area contributed by atoms with Crippen LogP contribution in [-0.4, -0.2) is 66.0 Å². The highest BCUT2D eigenvalue weighted by molar-refractivity contribution is 6.54. The Labute approximate surface area is 238 Å². The number of pyridine rings is 1. The maximum Gasteiger partial charge on any atom is 0.433 e. The molecule has 2 heterocycles. The number of alkyl halides is 8. The van der Waals surface area contributed by atoms with Crippen molar-refractivity contribution >= 4 is 23.4 Å². The van der Waals surface area contributed by atoms with Gasteiger partial charge >= 0.3 is 12.4 Å². The summed E-state index contributed by atoms with van der Waals surface area (Å²) in [4.78, 5) is 21.6. The van der Waals surface area contributed by atoms with E-state index in [-0.39, 0.29) is 23.6 Å². The van der Waals surface area contributed by atoms with Crippen molar-refractivity contribution in [1.29, 1.82) is 5.41 Å². The molecular weight excluding hydrogens is 576 g/mol. The Bertz CT molecular complexity index is 1250. The maximum absolute atomic E-state index is 14.6. The number of hydrogen-bond donors (Lipinski definition) is 3. The number of likely N-dealkylation sites (tertiary alicyclic amines) is 1. The Balaban J connectivity index is 2.40. The summed E-state index contributed by atoms with van der Waals surface area (Å²) >= 11 is 0. The number of halogens is 8. The van der Waals surface area contributed by atoms with Gasteiger partial charge in [-0.1, -0.05) is 26.0 Å². The van der Waals surface area contributed by atoms with Gasteiger partial charge < -0.3 is 15.5 Å². The molecule has 1 amide bonds. The molecule has 2 rings (SSSR count). The molecule has 1 saturated heterocycles. The topological polar surface area (TPSA) is 93.5 Å². The number of aromatic nitrogens is 1. The van der Waals surface area contributed by atoms with Gasteiger partial charge in [0.25, 0.3) is 11.8 Å². The number of piperidine rings is 1. The predicted molar refractivity (Wildman–Crippen MR) is 143 cm³/mol. The minimum atomic E-state index is -4.81. The first kappa shape index (κ1) is 34.4. The second-order valence-corrected chi connectivity index (χ2v) is 9.54. The molecule has 232 valence electrons. The molecule has 7 nitrogen and oxygen atoms in total. The monoisotopic (exact) mass is 608 g/mol. The Kier molecular flexibility index (Phi) is 11.4. The van der Waals surface area contributed by atoms with Crippen LogP contribution in [0, 0.1) is 11.3 Å². The molecule has 15 heteroatoms. The van der Waals surface area contributed by atoms with Crippen molar-refractivity contribution in [3.63, 3.8) is 0 Å². The minimum absolute atomic E-state index is 0.0112. The maximum atomic E-state index is 14.6. The molecule has 0 aromatic carbocycles. The van der Waals surface area contributed by atoms with Crippen LogP contribution in [0.15, 0.2) is 52.9 Å². The number of nitrogens with zero attached hydrogens (tertiary/aromatic N) is 3. The quantitative estimate of drug-likeness (QED) is 0.225. The van der Waals surface area contributed by atoms with E-state index in [9.17, 15) is 39.9 Å². The summed E-state index contributed by atoms with van der Waals surface area (Å²) in [5.74, 6) is -5.35. The van der Waals surface area contributed by atoms with Crippen LogP contribution >= 0.6 is 0 Å². The van der Waals surface area contributed by atoms with Crippen molar-refractivity contribution in [3.8, 4) is 0 Å². The van der Waals surface area contributed by atoms with Gasteiger partial charge in [0.2, 0.25) is 0 Å². The Morgan fingerprint density at radius 3 is 2.45 bits per heavy atom. The van der Waals surface area contributed by atoms with Gasteiger partial charge in [0.15, 0.2) is 0 Å². The van der Waals surface area contributed by atoms with Crippen molar-refractivity contribution in [2.24, 2.45) is 10.9 Å². The second kappa shape index (κ2) is 13.9. The first-order chi connectivity index (χ1) is 19.4. The van der Waals surface area contributed by atoms with Gasteiger partial charge in [-0.05, 0) is 37.5 Å². The highest BCUT2D eigenvalue weighted by Gasteiger charge is 2.47. The lowest BCUT2D eigenvalue weighted by molar-refractivity contribution is -0.145. The first-order valence-corrected chi connectivity index (χ1v) is 12.9. The van der Waals surface area contributed by atoms with Crippen molar-refractivity contribution in [2.75, 3.05) is 20.1 Å². The van der Waals surface area contributed by atoms with E-state index in [1.165, 1.54) is 27.0 Å². The van der Waals surface area contributed by atoms with E-state index in [2.05, 4.69) is 20.6 Å². The average molecular weight is 609 g/mol. The van der Waals surface area contributed by atoms with E-state index in [1.807, 2.05) is 0 Å². The molecule has 1 aliphatic heterocycles. The molecule has 1 aliphatic rings. The zero-order chi connectivity index (χ0) is 31.9. The van der Waals surface area contributed by atoms with Gasteiger partial charge in [-0.15, -0.1) is 0 Å². The summed E-state index contributed by atoms with van der Waals surface area (Å²) in [7, 11) is 1.37. The van der Waals surface area contributed by atoms with E-state index in [0.717, 1.165) is 29.3 Å². The molecule has 3 N–H and O–H groups in total. The van der Waals surface area contributed by atoms with Gasteiger partial charge in [-0.2, -0.15) is 26.3 Å². The molecule has 1 fully saturated rings. The van der Waals surface area contributed by atoms with Crippen molar-refractivity contribution < 1.29 is 39.9 Å². The van der Waals surface area contributed by atoms with Crippen LogP contribution < -0.4 is 10.6 Å². The zero-order valence-electron chi connectivity index (χ0n) is 23.3. The lowest BCUT2D eigenvalue weighted by Gasteiger charge is -2.43. The molecule has 2 atom stereocenters. The third kappa shape index (κ3) is 9.11. The van der Waals surface area contributed by atoms with Crippen LogP contribution in [0.25, 0.3) is 5.57 Å². The second-order valence-electron chi connectivity index (χ2n) is 9.54. The number of carbonyl (C=O) groups excluding carboxylic acids is 1. The summed E-state index contributed by atoms with van der Waals surface area (Å²) in [5, 5.41) is 13.8. The van der Waals surface area contributed by atoms with Crippen LogP contribution in [0.3, 0.4) is 0 Å². The van der Waals surface area contributed by atoms with E-state index >= 15 is 0 Å². The van der Waals surface area contributed by atoms with Gasteiger partial charge in [0, 0.05) is 38.0 Å². The van der Waals surface area contributed by atoms with Gasteiger partial charge in [0.1, 0.15) is 17.2 Å². The lowest BCUT2D eigenvalue weighted by Crippen LogP contribution is -2.59. The van der Waals surface area contributed by atoms with Crippen LogP contribution in [-0.2, 0) is 11.0 Å². The van der Waals surface area contributed by atoms with Crippen LogP contribution in [0.5, 0.6) is 0 Å². The molecule has 0 saturated carbocycles. The largest absolute Gasteiger partial charge is 0.433 e. The number of aliphatic imine (C=N–C) groups is 1. The molecule has 1 aromatic rings. The number of nitrogens with one attached hydrogen (secondary N) is 3. The highest BCUT2D eigenvalue weighted by Crippen LogP contribution is 2.35. The fraction of sp³-hybridized carbons (Fsp3) is 0.481. The van der Waals surface area contributed by atoms with Crippen LogP contribution in [0.1, 0.15) is 45.0 Å². The molecule has 42 heavy (non-hydrogen) atoms. The summed E-state index contributed by atoms with van der Waals surface area (Å²) < 4.78 is 108. The van der Waals surface area contributed by atoms with Crippen LogP contribution in [0.2, 0.25) is 0 Å². The normalized spacial score (nSPS) is 20.6. The van der Waals surface area contributed by atoms with Crippen molar-refractivity contribution in [2.45, 2.75) is 57.9 Å². The summed E-state index contributed by atoms with van der Waals surface area (Å²) in [5.41, 5.74) is -3.89. The standard InChI is InChI=1S/C27H32F8N6O/c1-5-8-22(38-12-17(6-2)26(30,31)32)39-14-20-16(3)11-25(28,29)15-41(20)24(42)23(36)18(13-37-4)19-9-7-10-21(40-19)27(33,34)35/h6-10,12-13,16,20,36-37,39H,5,11,14-15H2,1-4H3/b17-6+,18-13-,22-8-,36-23?,38-12-/t16-,20?/m1/s1. The number of allylic oxidation sites excluding steroid dienone is 3. The molecule has 1 aromatic heterocycles. The molecule has 0 spiro atoms. The third-order valence-electron chi connectivity index (χ3n) is 6.30. The summed E-state index contributed by atoms with van der Waals surface area (Å²) in [6, 6.07) is 1.92. The van der Waals surface area contributed by atoms with E-state index < -0.39 is 66.1 Å². The first-order valence-electron chi connectivity index (χ1n) is 12.9. The average Bonchev–Trinajstić information content (AvgIpc) is 2.88. The van der Waals surface area contributed by atoms with E-state index in [1.54, 1.807) is 6.92 Å².